The first-order chi connectivity index (χ1) is 15.1. The molecule has 6 nitrogen and oxygen atoms in total. The Morgan fingerprint density at radius 1 is 1.35 bits per heavy atom. The average molecular weight is 372 g/mol. The number of hydrogen-bond acceptors (Lipinski definition) is 4. The molecule has 0 spiro atoms. The third kappa shape index (κ3) is 3.01. The van der Waals surface area contributed by atoms with Crippen molar-refractivity contribution in [3.63, 3.8) is 0 Å². The van der Waals surface area contributed by atoms with E-state index in [1.807, 2.05) is 0 Å². The SMILES string of the molecule is [2H]c1nc(CS(=O)c2nc3ccc(-n4c([2H])c([2H])c([2H])c4[2H])cc3[nH]2)c(C)c(OC)c1[2H]. The highest BCUT2D eigenvalue weighted by Gasteiger charge is 2.15. The maximum atomic E-state index is 13.0. The number of pyridine rings is 1. The number of ether oxygens (including phenoxy) is 1. The molecule has 0 bridgehead atoms. The summed E-state index contributed by atoms with van der Waals surface area (Å²) in [6.07, 6.45) is -0.787. The lowest BCUT2D eigenvalue weighted by Gasteiger charge is -2.08. The van der Waals surface area contributed by atoms with Gasteiger partial charge >= 0.3 is 0 Å². The molecular weight excluding hydrogens is 348 g/mol. The first-order valence-corrected chi connectivity index (χ1v) is 9.00. The molecule has 1 atom stereocenters. The van der Waals surface area contributed by atoms with E-state index in [9.17, 15) is 4.21 Å². The van der Waals surface area contributed by atoms with Crippen LogP contribution in [0.5, 0.6) is 5.75 Å². The zero-order chi connectivity index (χ0) is 23.3. The molecule has 4 rings (SSSR count). The minimum absolute atomic E-state index is 0.0310. The number of aromatic amines is 1. The Labute approximate surface area is 161 Å². The smallest absolute Gasteiger partial charge is 0.197 e. The van der Waals surface area contributed by atoms with E-state index in [0.717, 1.165) is 0 Å². The maximum Gasteiger partial charge on any atom is 0.197 e. The van der Waals surface area contributed by atoms with Crippen LogP contribution >= 0.6 is 0 Å². The Bertz CT molecular complexity index is 1380. The van der Waals surface area contributed by atoms with E-state index < -0.39 is 10.8 Å². The summed E-state index contributed by atoms with van der Waals surface area (Å²) >= 11 is 0. The molecule has 4 aromatic rings. The predicted octanol–water partition coefficient (Wildman–Crippen LogP) is 3.37. The van der Waals surface area contributed by atoms with Gasteiger partial charge in [-0.15, -0.1) is 0 Å². The quantitative estimate of drug-likeness (QED) is 0.583. The highest BCUT2D eigenvalue weighted by atomic mass is 32.2. The van der Waals surface area contributed by atoms with Crippen molar-refractivity contribution < 1.29 is 17.2 Å². The molecule has 0 aliphatic rings. The molecular formula is C19H18N4O2S. The molecule has 0 aliphatic heterocycles. The van der Waals surface area contributed by atoms with E-state index in [0.29, 0.717) is 28.0 Å². The number of nitrogens with one attached hydrogen (secondary N) is 1. The van der Waals surface area contributed by atoms with Gasteiger partial charge in [0, 0.05) is 29.8 Å². The highest BCUT2D eigenvalue weighted by Crippen LogP contribution is 2.22. The molecule has 132 valence electrons. The third-order valence-electron chi connectivity index (χ3n) is 3.92. The molecule has 0 saturated carbocycles. The molecule has 0 saturated heterocycles. The van der Waals surface area contributed by atoms with Crippen molar-refractivity contribution in [2.24, 2.45) is 0 Å². The minimum Gasteiger partial charge on any atom is -0.496 e. The van der Waals surface area contributed by atoms with Crippen LogP contribution < -0.4 is 4.74 Å². The third-order valence-corrected chi connectivity index (χ3v) is 5.08. The summed E-state index contributed by atoms with van der Waals surface area (Å²) < 4.78 is 66.5. The largest absolute Gasteiger partial charge is 0.496 e. The minimum atomic E-state index is -1.63. The van der Waals surface area contributed by atoms with Gasteiger partial charge in [-0.25, -0.2) is 4.98 Å². The number of H-pyrrole nitrogens is 1. The van der Waals surface area contributed by atoms with Gasteiger partial charge in [0.25, 0.3) is 0 Å². The van der Waals surface area contributed by atoms with Crippen LogP contribution in [0, 0.1) is 6.92 Å². The van der Waals surface area contributed by atoms with E-state index in [4.69, 9.17) is 13.0 Å². The van der Waals surface area contributed by atoms with Gasteiger partial charge in [0.1, 0.15) is 5.75 Å². The van der Waals surface area contributed by atoms with Gasteiger partial charge in [0.15, 0.2) is 5.16 Å². The van der Waals surface area contributed by atoms with E-state index in [-0.39, 0.29) is 53.3 Å². The van der Waals surface area contributed by atoms with Gasteiger partial charge in [-0.3, -0.25) is 9.19 Å². The van der Waals surface area contributed by atoms with Crippen LogP contribution in [0.3, 0.4) is 0 Å². The molecule has 3 heterocycles. The van der Waals surface area contributed by atoms with Crippen LogP contribution in [0.1, 0.15) is 19.5 Å². The lowest BCUT2D eigenvalue weighted by molar-refractivity contribution is 0.410. The predicted molar refractivity (Wildman–Crippen MR) is 101 cm³/mol. The van der Waals surface area contributed by atoms with Crippen LogP contribution in [-0.4, -0.2) is 30.8 Å². The van der Waals surface area contributed by atoms with E-state index >= 15 is 0 Å². The molecule has 0 amide bonds. The Balaban J connectivity index is 1.69. The van der Waals surface area contributed by atoms with Gasteiger partial charge in [0.05, 0.1) is 48.6 Å². The number of fused-ring (bicyclic) bond motifs is 1. The van der Waals surface area contributed by atoms with Crippen LogP contribution in [0.4, 0.5) is 0 Å². The van der Waals surface area contributed by atoms with Gasteiger partial charge in [-0.1, -0.05) is 0 Å². The van der Waals surface area contributed by atoms with Crippen molar-refractivity contribution in [2.75, 3.05) is 7.11 Å². The van der Waals surface area contributed by atoms with E-state index in [2.05, 4.69) is 15.0 Å². The van der Waals surface area contributed by atoms with Gasteiger partial charge < -0.3 is 14.3 Å². The monoisotopic (exact) mass is 372 g/mol. The molecule has 1 N–H and O–H groups in total. The highest BCUT2D eigenvalue weighted by molar-refractivity contribution is 7.84. The molecule has 1 aromatic carbocycles. The standard InChI is InChI=1S/C19H18N4O2S/c1-13-17(20-8-7-18(13)25-2)12-26(24)19-21-15-6-5-14(11-16(15)22-19)23-9-3-4-10-23/h3-11H,12H2,1-2H3,(H,21,22)/i3D,4D,7D,8D,9D,10D. The summed E-state index contributed by atoms with van der Waals surface area (Å²) in [4.78, 5) is 11.4. The van der Waals surface area contributed by atoms with Crippen LogP contribution in [-0.2, 0) is 16.6 Å². The van der Waals surface area contributed by atoms with Crippen molar-refractivity contribution >= 4 is 21.8 Å². The summed E-state index contributed by atoms with van der Waals surface area (Å²) in [5.41, 5.74) is 2.35. The summed E-state index contributed by atoms with van der Waals surface area (Å²) in [6, 6.07) is 4.08. The topological polar surface area (TPSA) is 72.8 Å². The van der Waals surface area contributed by atoms with Gasteiger partial charge in [-0.05, 0) is 43.3 Å². The molecule has 0 aliphatic carbocycles. The lowest BCUT2D eigenvalue weighted by atomic mass is 10.2. The first-order valence-electron chi connectivity index (χ1n) is 10.7. The van der Waals surface area contributed by atoms with Crippen LogP contribution in [0.2, 0.25) is 0 Å². The normalized spacial score (nSPS) is 15.6. The van der Waals surface area contributed by atoms with Crippen molar-refractivity contribution in [1.82, 2.24) is 19.5 Å². The Morgan fingerprint density at radius 2 is 2.15 bits per heavy atom. The molecule has 26 heavy (non-hydrogen) atoms. The maximum absolute atomic E-state index is 13.0. The fourth-order valence-electron chi connectivity index (χ4n) is 2.54. The van der Waals surface area contributed by atoms with E-state index in [1.165, 1.54) is 11.7 Å². The number of benzene rings is 1. The summed E-state index contributed by atoms with van der Waals surface area (Å²) in [7, 11) is -0.229. The number of aromatic nitrogens is 4. The zero-order valence-electron chi connectivity index (χ0n) is 20.0. The van der Waals surface area contributed by atoms with Crippen LogP contribution in [0.15, 0.2) is 60.0 Å². The average Bonchev–Trinajstić information content (AvgIpc) is 3.27. The second kappa shape index (κ2) is 6.76. The van der Waals surface area contributed by atoms with E-state index in [1.54, 1.807) is 25.1 Å². The fourth-order valence-corrected chi connectivity index (χ4v) is 3.63. The lowest BCUT2D eigenvalue weighted by Crippen LogP contribution is -2.03. The molecule has 0 radical (unpaired) electrons. The number of imidazole rings is 1. The molecule has 0 fully saturated rings. The Morgan fingerprint density at radius 3 is 2.92 bits per heavy atom. The number of nitrogens with zero attached hydrogens (tertiary/aromatic N) is 3. The van der Waals surface area contributed by atoms with Crippen molar-refractivity contribution in [3.8, 4) is 11.4 Å². The number of hydrogen-bond donors (Lipinski definition) is 1. The summed E-state index contributed by atoms with van der Waals surface area (Å²) in [5, 5.41) is 0.186. The van der Waals surface area contributed by atoms with Crippen molar-refractivity contribution in [3.05, 3.63) is 66.1 Å². The molecule has 1 unspecified atom stereocenters. The van der Waals surface area contributed by atoms with Gasteiger partial charge in [0.2, 0.25) is 0 Å². The summed E-state index contributed by atoms with van der Waals surface area (Å²) in [5.74, 6) is 0.189. The Hall–Kier alpha value is -2.93. The first kappa shape index (κ1) is 10.9. The van der Waals surface area contributed by atoms with Crippen molar-refractivity contribution in [1.29, 1.82) is 0 Å². The fraction of sp³-hybridized carbons (Fsp3) is 0.158. The summed E-state index contributed by atoms with van der Waals surface area (Å²) in [6.45, 7) is 1.69. The van der Waals surface area contributed by atoms with Gasteiger partial charge in [-0.2, -0.15) is 0 Å². The second-order valence-electron chi connectivity index (χ2n) is 5.50. The second-order valence-corrected chi connectivity index (χ2v) is 6.86. The number of rotatable bonds is 5. The van der Waals surface area contributed by atoms with Crippen LogP contribution in [0.25, 0.3) is 16.7 Å². The Kier molecular flexibility index (Phi) is 2.84. The molecule has 3 aromatic heterocycles. The zero-order valence-corrected chi connectivity index (χ0v) is 14.8. The number of methoxy groups -OCH3 is 1. The van der Waals surface area contributed by atoms with Crippen molar-refractivity contribution in [2.45, 2.75) is 17.8 Å². The molecule has 7 heteroatoms.